The van der Waals surface area contributed by atoms with E-state index in [1.165, 1.54) is 25.9 Å². The van der Waals surface area contributed by atoms with E-state index in [9.17, 15) is 0 Å². The maximum atomic E-state index is 4.22. The van der Waals surface area contributed by atoms with Crippen LogP contribution in [0.3, 0.4) is 0 Å². The average Bonchev–Trinajstić information content (AvgIpc) is 2.95. The molecular weight excluding hydrogens is 238 g/mol. The van der Waals surface area contributed by atoms with Gasteiger partial charge in [-0.1, -0.05) is 5.21 Å². The van der Waals surface area contributed by atoms with Gasteiger partial charge in [-0.05, 0) is 53.6 Å². The van der Waals surface area contributed by atoms with E-state index in [-0.39, 0.29) is 5.54 Å². The summed E-state index contributed by atoms with van der Waals surface area (Å²) in [5.74, 6) is 0. The van der Waals surface area contributed by atoms with E-state index < -0.39 is 0 Å². The first-order valence-electron chi connectivity index (χ1n) is 7.32. The largest absolute Gasteiger partial charge is 0.307 e. The van der Waals surface area contributed by atoms with Crippen LogP contribution in [0, 0.1) is 0 Å². The molecule has 1 aliphatic heterocycles. The monoisotopic (exact) mass is 265 g/mol. The molecule has 0 spiro atoms. The maximum Gasteiger partial charge on any atom is 0.0965 e. The summed E-state index contributed by atoms with van der Waals surface area (Å²) in [6.07, 6.45) is 4.74. The predicted molar refractivity (Wildman–Crippen MR) is 77.0 cm³/mol. The zero-order valence-electron chi connectivity index (χ0n) is 12.7. The Bertz CT molecular complexity index is 387. The van der Waals surface area contributed by atoms with Gasteiger partial charge < -0.3 is 10.2 Å². The summed E-state index contributed by atoms with van der Waals surface area (Å²) in [6.45, 7) is 13.1. The van der Waals surface area contributed by atoms with E-state index in [1.54, 1.807) is 0 Å². The van der Waals surface area contributed by atoms with Crippen molar-refractivity contribution in [1.82, 2.24) is 25.2 Å². The molecule has 0 amide bonds. The Morgan fingerprint density at radius 1 is 1.32 bits per heavy atom. The highest BCUT2D eigenvalue weighted by Gasteiger charge is 2.16. The van der Waals surface area contributed by atoms with Crippen LogP contribution in [-0.2, 0) is 12.1 Å². The van der Waals surface area contributed by atoms with Crippen LogP contribution in [0.1, 0.15) is 46.2 Å². The standard InChI is InChI=1S/C14H27N5/c1-12(10-18-7-5-6-8-18)15-9-13-11-19(17-16-13)14(2,3)4/h11-12,15H,5-10H2,1-4H3. The number of likely N-dealkylation sites (tertiary alicyclic amines) is 1. The summed E-state index contributed by atoms with van der Waals surface area (Å²) in [5, 5.41) is 11.9. The molecule has 1 aliphatic rings. The van der Waals surface area contributed by atoms with Crippen molar-refractivity contribution < 1.29 is 0 Å². The van der Waals surface area contributed by atoms with E-state index in [4.69, 9.17) is 0 Å². The third-order valence-electron chi connectivity index (χ3n) is 3.59. The Labute approximate surface area is 116 Å². The van der Waals surface area contributed by atoms with Gasteiger partial charge in [0.1, 0.15) is 0 Å². The molecule has 1 saturated heterocycles. The molecule has 5 nitrogen and oxygen atoms in total. The quantitative estimate of drug-likeness (QED) is 0.878. The molecule has 19 heavy (non-hydrogen) atoms. The van der Waals surface area contributed by atoms with Gasteiger partial charge in [0.25, 0.3) is 0 Å². The second-order valence-electron chi connectivity index (χ2n) is 6.61. The first-order chi connectivity index (χ1) is 8.95. The molecule has 5 heteroatoms. The van der Waals surface area contributed by atoms with Crippen LogP contribution in [0.2, 0.25) is 0 Å². The fourth-order valence-electron chi connectivity index (χ4n) is 2.40. The molecule has 0 aromatic carbocycles. The summed E-state index contributed by atoms with van der Waals surface area (Å²) in [5.41, 5.74) is 1.02. The van der Waals surface area contributed by atoms with Crippen LogP contribution in [-0.4, -0.2) is 45.6 Å². The Balaban J connectivity index is 1.76. The molecule has 108 valence electrons. The molecule has 2 rings (SSSR count). The molecule has 1 aromatic heterocycles. The van der Waals surface area contributed by atoms with Gasteiger partial charge in [0.15, 0.2) is 0 Å². The van der Waals surface area contributed by atoms with Gasteiger partial charge in [-0.15, -0.1) is 5.10 Å². The second-order valence-corrected chi connectivity index (χ2v) is 6.61. The van der Waals surface area contributed by atoms with Crippen LogP contribution < -0.4 is 5.32 Å². The molecule has 1 unspecified atom stereocenters. The summed E-state index contributed by atoms with van der Waals surface area (Å²) in [6, 6.07) is 0.498. The van der Waals surface area contributed by atoms with Crippen LogP contribution in [0.25, 0.3) is 0 Å². The molecule has 1 aromatic rings. The lowest BCUT2D eigenvalue weighted by molar-refractivity contribution is 0.298. The van der Waals surface area contributed by atoms with Crippen LogP contribution >= 0.6 is 0 Å². The number of hydrogen-bond donors (Lipinski definition) is 1. The molecule has 0 radical (unpaired) electrons. The third-order valence-corrected chi connectivity index (χ3v) is 3.59. The molecule has 0 saturated carbocycles. The van der Waals surface area contributed by atoms with Crippen molar-refractivity contribution in [2.75, 3.05) is 19.6 Å². The summed E-state index contributed by atoms with van der Waals surface area (Å²) in [4.78, 5) is 2.53. The zero-order valence-corrected chi connectivity index (χ0v) is 12.7. The Kier molecular flexibility index (Phi) is 4.58. The number of hydrogen-bond acceptors (Lipinski definition) is 4. The van der Waals surface area contributed by atoms with Gasteiger partial charge in [0, 0.05) is 19.1 Å². The van der Waals surface area contributed by atoms with E-state index >= 15 is 0 Å². The third kappa shape index (κ3) is 4.28. The summed E-state index contributed by atoms with van der Waals surface area (Å²) < 4.78 is 1.93. The van der Waals surface area contributed by atoms with Gasteiger partial charge in [0.05, 0.1) is 17.4 Å². The van der Waals surface area contributed by atoms with Gasteiger partial charge in [0.2, 0.25) is 0 Å². The predicted octanol–water partition coefficient (Wildman–Crippen LogP) is 1.61. The summed E-state index contributed by atoms with van der Waals surface area (Å²) in [7, 11) is 0. The van der Waals surface area contributed by atoms with Crippen molar-refractivity contribution in [2.45, 2.75) is 58.7 Å². The van der Waals surface area contributed by atoms with Crippen LogP contribution in [0.4, 0.5) is 0 Å². The Hall–Kier alpha value is -0.940. The highest BCUT2D eigenvalue weighted by atomic mass is 15.4. The molecule has 1 fully saturated rings. The average molecular weight is 265 g/mol. The SMILES string of the molecule is CC(CN1CCCC1)NCc1cn(C(C)(C)C)nn1. The van der Waals surface area contributed by atoms with E-state index in [0.717, 1.165) is 18.8 Å². The van der Waals surface area contributed by atoms with Gasteiger partial charge in [-0.25, -0.2) is 4.68 Å². The molecular formula is C14H27N5. The molecule has 1 atom stereocenters. The topological polar surface area (TPSA) is 46.0 Å². The maximum absolute atomic E-state index is 4.22. The number of aromatic nitrogens is 3. The van der Waals surface area contributed by atoms with Crippen molar-refractivity contribution in [2.24, 2.45) is 0 Å². The second kappa shape index (κ2) is 6.01. The Morgan fingerprint density at radius 2 is 2.00 bits per heavy atom. The lowest BCUT2D eigenvalue weighted by atomic mass is 10.1. The van der Waals surface area contributed by atoms with Gasteiger partial charge in [-0.2, -0.15) is 0 Å². The minimum atomic E-state index is 0.00637. The number of nitrogens with one attached hydrogen (secondary N) is 1. The fraction of sp³-hybridized carbons (Fsp3) is 0.857. The van der Waals surface area contributed by atoms with Crippen molar-refractivity contribution in [3.8, 4) is 0 Å². The minimum Gasteiger partial charge on any atom is -0.307 e. The summed E-state index contributed by atoms with van der Waals surface area (Å²) >= 11 is 0. The van der Waals surface area contributed by atoms with Crippen molar-refractivity contribution in [3.63, 3.8) is 0 Å². The molecule has 2 heterocycles. The molecule has 0 bridgehead atoms. The Morgan fingerprint density at radius 3 is 2.58 bits per heavy atom. The fourth-order valence-corrected chi connectivity index (χ4v) is 2.40. The van der Waals surface area contributed by atoms with Crippen LogP contribution in [0.5, 0.6) is 0 Å². The van der Waals surface area contributed by atoms with Crippen molar-refractivity contribution in [3.05, 3.63) is 11.9 Å². The normalized spacial score (nSPS) is 18.9. The molecule has 0 aliphatic carbocycles. The van der Waals surface area contributed by atoms with Gasteiger partial charge in [-0.3, -0.25) is 0 Å². The first kappa shape index (κ1) is 14.5. The number of rotatable bonds is 5. The van der Waals surface area contributed by atoms with Gasteiger partial charge >= 0.3 is 0 Å². The smallest absolute Gasteiger partial charge is 0.0965 e. The van der Waals surface area contributed by atoms with E-state index in [2.05, 4.69) is 48.2 Å². The van der Waals surface area contributed by atoms with Crippen LogP contribution in [0.15, 0.2) is 6.20 Å². The zero-order chi connectivity index (χ0) is 13.9. The van der Waals surface area contributed by atoms with Crippen molar-refractivity contribution in [1.29, 1.82) is 0 Å². The lowest BCUT2D eigenvalue weighted by Crippen LogP contribution is -2.37. The lowest BCUT2D eigenvalue weighted by Gasteiger charge is -2.20. The molecule has 1 N–H and O–H groups in total. The number of nitrogens with zero attached hydrogens (tertiary/aromatic N) is 4. The van der Waals surface area contributed by atoms with E-state index in [1.807, 2.05) is 10.9 Å². The van der Waals surface area contributed by atoms with Crippen molar-refractivity contribution >= 4 is 0 Å². The van der Waals surface area contributed by atoms with E-state index in [0.29, 0.717) is 6.04 Å². The highest BCUT2D eigenvalue weighted by Crippen LogP contribution is 2.12. The minimum absolute atomic E-state index is 0.00637. The first-order valence-corrected chi connectivity index (χ1v) is 7.32. The highest BCUT2D eigenvalue weighted by molar-refractivity contribution is 4.94.